The molecule has 0 amide bonds. The molecule has 1 aromatic rings. The molecule has 3 rings (SSSR count). The second-order valence-electron chi connectivity index (χ2n) is 6.07. The molecule has 1 heterocycles. The molecule has 1 unspecified atom stereocenters. The predicted octanol–water partition coefficient (Wildman–Crippen LogP) is 2.48. The molecule has 19 heavy (non-hydrogen) atoms. The van der Waals surface area contributed by atoms with Gasteiger partial charge in [-0.25, -0.2) is 0 Å². The molecular formula is C17H26N2. The lowest BCUT2D eigenvalue weighted by Crippen LogP contribution is -2.43. The van der Waals surface area contributed by atoms with Gasteiger partial charge in [0.25, 0.3) is 0 Å². The van der Waals surface area contributed by atoms with Crippen LogP contribution in [-0.4, -0.2) is 37.1 Å². The minimum absolute atomic E-state index is 0.728. The molecule has 0 bridgehead atoms. The maximum Gasteiger partial charge on any atom is 0.0223 e. The van der Waals surface area contributed by atoms with Crippen LogP contribution in [0.15, 0.2) is 24.3 Å². The summed E-state index contributed by atoms with van der Waals surface area (Å²) in [6.07, 6.45) is 5.32. The van der Waals surface area contributed by atoms with Gasteiger partial charge in [0.05, 0.1) is 0 Å². The highest BCUT2D eigenvalue weighted by molar-refractivity contribution is 5.28. The normalized spacial score (nSPS) is 21.7. The average Bonchev–Trinajstić information content (AvgIpc) is 3.26. The summed E-state index contributed by atoms with van der Waals surface area (Å²) >= 11 is 0. The zero-order valence-corrected chi connectivity index (χ0v) is 12.1. The molecule has 104 valence electrons. The van der Waals surface area contributed by atoms with E-state index in [2.05, 4.69) is 41.4 Å². The molecule has 0 saturated heterocycles. The first-order chi connectivity index (χ1) is 9.36. The minimum Gasteiger partial charge on any atom is -0.313 e. The van der Waals surface area contributed by atoms with E-state index in [0.29, 0.717) is 0 Å². The van der Waals surface area contributed by atoms with Crippen molar-refractivity contribution < 1.29 is 0 Å². The van der Waals surface area contributed by atoms with Gasteiger partial charge >= 0.3 is 0 Å². The van der Waals surface area contributed by atoms with Crippen molar-refractivity contribution in [3.63, 3.8) is 0 Å². The van der Waals surface area contributed by atoms with E-state index in [9.17, 15) is 0 Å². The fraction of sp³-hybridized carbons (Fsp3) is 0.647. The van der Waals surface area contributed by atoms with Gasteiger partial charge in [0.2, 0.25) is 0 Å². The molecule has 2 aliphatic rings. The van der Waals surface area contributed by atoms with Crippen LogP contribution in [0.5, 0.6) is 0 Å². The maximum absolute atomic E-state index is 3.69. The first-order valence-electron chi connectivity index (χ1n) is 7.89. The third kappa shape index (κ3) is 3.37. The third-order valence-corrected chi connectivity index (χ3v) is 4.63. The van der Waals surface area contributed by atoms with Crippen molar-refractivity contribution in [2.45, 2.75) is 38.6 Å². The van der Waals surface area contributed by atoms with Crippen LogP contribution in [0.25, 0.3) is 0 Å². The van der Waals surface area contributed by atoms with Crippen LogP contribution in [0.1, 0.15) is 30.9 Å². The van der Waals surface area contributed by atoms with Gasteiger partial charge in [-0.2, -0.15) is 0 Å². The first-order valence-corrected chi connectivity index (χ1v) is 7.89. The lowest BCUT2D eigenvalue weighted by atomic mass is 10.0. The molecule has 1 aromatic carbocycles. The molecule has 0 aromatic heterocycles. The Hall–Kier alpha value is -0.860. The van der Waals surface area contributed by atoms with Crippen molar-refractivity contribution in [1.82, 2.24) is 10.2 Å². The SMILES string of the molecule is CCNC(CN1CCc2ccccc2CC1)C1CC1. The Bertz CT molecular complexity index is 384. The number of nitrogens with zero attached hydrogens (tertiary/aromatic N) is 1. The van der Waals surface area contributed by atoms with Gasteiger partial charge in [-0.3, -0.25) is 0 Å². The van der Waals surface area contributed by atoms with Crippen molar-refractivity contribution in [2.75, 3.05) is 26.2 Å². The summed E-state index contributed by atoms with van der Waals surface area (Å²) in [5.74, 6) is 0.950. The van der Waals surface area contributed by atoms with E-state index in [1.54, 1.807) is 11.1 Å². The number of nitrogens with one attached hydrogen (secondary N) is 1. The third-order valence-electron chi connectivity index (χ3n) is 4.63. The minimum atomic E-state index is 0.728. The molecule has 2 heteroatoms. The van der Waals surface area contributed by atoms with Gasteiger partial charge in [0.15, 0.2) is 0 Å². The van der Waals surface area contributed by atoms with Crippen LogP contribution in [-0.2, 0) is 12.8 Å². The van der Waals surface area contributed by atoms with E-state index >= 15 is 0 Å². The number of fused-ring (bicyclic) bond motifs is 1. The van der Waals surface area contributed by atoms with E-state index in [1.807, 2.05) is 0 Å². The van der Waals surface area contributed by atoms with Gasteiger partial charge < -0.3 is 10.2 Å². The van der Waals surface area contributed by atoms with E-state index in [1.165, 1.54) is 45.3 Å². The highest BCUT2D eigenvalue weighted by atomic mass is 15.2. The maximum atomic E-state index is 3.69. The zero-order valence-electron chi connectivity index (χ0n) is 12.1. The Morgan fingerprint density at radius 1 is 1.16 bits per heavy atom. The molecule has 1 fully saturated rings. The van der Waals surface area contributed by atoms with Gasteiger partial charge in [-0.05, 0) is 49.3 Å². The van der Waals surface area contributed by atoms with Crippen LogP contribution in [0.4, 0.5) is 0 Å². The molecule has 2 nitrogen and oxygen atoms in total. The Morgan fingerprint density at radius 3 is 2.32 bits per heavy atom. The lowest BCUT2D eigenvalue weighted by molar-refractivity contribution is 0.241. The molecule has 0 spiro atoms. The summed E-state index contributed by atoms with van der Waals surface area (Å²) in [6.45, 7) is 7.03. The number of likely N-dealkylation sites (N-methyl/N-ethyl adjacent to an activating group) is 1. The highest BCUT2D eigenvalue weighted by Gasteiger charge is 2.31. The Kier molecular flexibility index (Phi) is 4.19. The van der Waals surface area contributed by atoms with Crippen molar-refractivity contribution in [2.24, 2.45) is 5.92 Å². The fourth-order valence-corrected chi connectivity index (χ4v) is 3.32. The van der Waals surface area contributed by atoms with E-state index in [0.717, 1.165) is 18.5 Å². The smallest absolute Gasteiger partial charge is 0.0223 e. The van der Waals surface area contributed by atoms with E-state index < -0.39 is 0 Å². The predicted molar refractivity (Wildman–Crippen MR) is 80.5 cm³/mol. The second kappa shape index (κ2) is 6.06. The highest BCUT2D eigenvalue weighted by Crippen LogP contribution is 2.33. The van der Waals surface area contributed by atoms with Crippen LogP contribution < -0.4 is 5.32 Å². The number of hydrogen-bond acceptors (Lipinski definition) is 2. The topological polar surface area (TPSA) is 15.3 Å². The van der Waals surface area contributed by atoms with Crippen molar-refractivity contribution >= 4 is 0 Å². The zero-order chi connectivity index (χ0) is 13.1. The monoisotopic (exact) mass is 258 g/mol. The molecule has 1 saturated carbocycles. The molecular weight excluding hydrogens is 232 g/mol. The Balaban J connectivity index is 1.58. The van der Waals surface area contributed by atoms with Crippen molar-refractivity contribution in [3.8, 4) is 0 Å². The molecule has 1 atom stereocenters. The summed E-state index contributed by atoms with van der Waals surface area (Å²) in [5.41, 5.74) is 3.13. The first kappa shape index (κ1) is 13.1. The van der Waals surface area contributed by atoms with Crippen LogP contribution >= 0.6 is 0 Å². The fourth-order valence-electron chi connectivity index (χ4n) is 3.32. The molecule has 1 aliphatic carbocycles. The lowest BCUT2D eigenvalue weighted by Gasteiger charge is -2.26. The standard InChI is InChI=1S/C17H26N2/c1-2-18-17(16-7-8-16)13-19-11-9-14-5-3-4-6-15(14)10-12-19/h3-6,16-18H,2,7-13H2,1H3. The van der Waals surface area contributed by atoms with Crippen LogP contribution in [0, 0.1) is 5.92 Å². The summed E-state index contributed by atoms with van der Waals surface area (Å²) in [6, 6.07) is 9.70. The second-order valence-corrected chi connectivity index (χ2v) is 6.07. The summed E-state index contributed by atoms with van der Waals surface area (Å²) in [7, 11) is 0. The number of benzene rings is 1. The summed E-state index contributed by atoms with van der Waals surface area (Å²) in [4.78, 5) is 2.67. The summed E-state index contributed by atoms with van der Waals surface area (Å²) in [5, 5.41) is 3.69. The van der Waals surface area contributed by atoms with E-state index in [-0.39, 0.29) is 0 Å². The molecule has 1 N–H and O–H groups in total. The molecule has 0 radical (unpaired) electrons. The number of hydrogen-bond donors (Lipinski definition) is 1. The Morgan fingerprint density at radius 2 is 1.79 bits per heavy atom. The summed E-state index contributed by atoms with van der Waals surface area (Å²) < 4.78 is 0. The van der Waals surface area contributed by atoms with Crippen LogP contribution in [0.3, 0.4) is 0 Å². The van der Waals surface area contributed by atoms with Crippen molar-refractivity contribution in [3.05, 3.63) is 35.4 Å². The largest absolute Gasteiger partial charge is 0.313 e. The van der Waals surface area contributed by atoms with Crippen LogP contribution in [0.2, 0.25) is 0 Å². The molecule has 1 aliphatic heterocycles. The Labute approximate surface area is 117 Å². The van der Waals surface area contributed by atoms with Gasteiger partial charge in [0.1, 0.15) is 0 Å². The van der Waals surface area contributed by atoms with Gasteiger partial charge in [-0.1, -0.05) is 31.2 Å². The quantitative estimate of drug-likeness (QED) is 0.873. The van der Waals surface area contributed by atoms with Crippen molar-refractivity contribution in [1.29, 1.82) is 0 Å². The average molecular weight is 258 g/mol. The van der Waals surface area contributed by atoms with Gasteiger partial charge in [-0.15, -0.1) is 0 Å². The van der Waals surface area contributed by atoms with E-state index in [4.69, 9.17) is 0 Å². The van der Waals surface area contributed by atoms with Gasteiger partial charge in [0, 0.05) is 25.7 Å². The number of rotatable bonds is 5.